The van der Waals surface area contributed by atoms with Gasteiger partial charge in [-0.1, -0.05) is 0 Å². The second-order valence-electron chi connectivity index (χ2n) is 6.47. The molecule has 0 radical (unpaired) electrons. The van der Waals surface area contributed by atoms with Crippen LogP contribution in [0.25, 0.3) is 0 Å². The highest BCUT2D eigenvalue weighted by molar-refractivity contribution is 6.28. The molecule has 4 rings (SSSR count). The maximum Gasteiger partial charge on any atom is 0.224 e. The van der Waals surface area contributed by atoms with Gasteiger partial charge < -0.3 is 9.64 Å². The largest absolute Gasteiger partial charge is 0.377 e. The second-order valence-corrected chi connectivity index (χ2v) is 6.81. The number of morpholine rings is 1. The molecular formula is C15H21ClN4O. The van der Waals surface area contributed by atoms with Crippen LogP contribution in [0.1, 0.15) is 31.0 Å². The summed E-state index contributed by atoms with van der Waals surface area (Å²) in [5, 5.41) is 0.371. The van der Waals surface area contributed by atoms with Crippen molar-refractivity contribution in [3.63, 3.8) is 0 Å². The molecule has 1 saturated carbocycles. The zero-order valence-electron chi connectivity index (χ0n) is 12.4. The average Bonchev–Trinajstić information content (AvgIpc) is 3.17. The Hall–Kier alpha value is -0.910. The maximum atomic E-state index is 6.16. The van der Waals surface area contributed by atoms with E-state index in [-0.39, 0.29) is 0 Å². The van der Waals surface area contributed by atoms with Crippen molar-refractivity contribution in [1.29, 1.82) is 0 Å². The average molecular weight is 309 g/mol. The van der Waals surface area contributed by atoms with Crippen molar-refractivity contribution in [3.8, 4) is 0 Å². The predicted octanol–water partition coefficient (Wildman–Crippen LogP) is 2.08. The summed E-state index contributed by atoms with van der Waals surface area (Å²) in [4.78, 5) is 13.8. The summed E-state index contributed by atoms with van der Waals surface area (Å²) in [6, 6.07) is 0.339. The fraction of sp³-hybridized carbons (Fsp3) is 0.733. The highest BCUT2D eigenvalue weighted by Gasteiger charge is 2.33. The minimum absolute atomic E-state index is 0.339. The third kappa shape index (κ3) is 2.74. The molecule has 0 aromatic carbocycles. The van der Waals surface area contributed by atoms with Gasteiger partial charge in [-0.3, -0.25) is 4.90 Å². The van der Waals surface area contributed by atoms with E-state index in [9.17, 15) is 0 Å². The standard InChI is InChI=1S/C15H21ClN4O/c1-10-9-21-5-4-20(10)14-12-7-19(6-11-2-3-11)8-13(12)17-15(16)18-14/h10-11H,2-9H2,1H3. The molecular weight excluding hydrogens is 288 g/mol. The van der Waals surface area contributed by atoms with E-state index in [1.807, 2.05) is 0 Å². The number of aromatic nitrogens is 2. The summed E-state index contributed by atoms with van der Waals surface area (Å²) in [6.45, 7) is 7.63. The van der Waals surface area contributed by atoms with E-state index in [2.05, 4.69) is 26.7 Å². The number of hydrogen-bond donors (Lipinski definition) is 0. The summed E-state index contributed by atoms with van der Waals surface area (Å²) >= 11 is 6.16. The summed E-state index contributed by atoms with van der Waals surface area (Å²) in [5.74, 6) is 1.92. The maximum absolute atomic E-state index is 6.16. The van der Waals surface area contributed by atoms with Crippen LogP contribution in [0.4, 0.5) is 5.82 Å². The van der Waals surface area contributed by atoms with Crippen LogP contribution in [0, 0.1) is 5.92 Å². The molecule has 1 saturated heterocycles. The van der Waals surface area contributed by atoms with Crippen molar-refractivity contribution in [2.75, 3.05) is 31.2 Å². The van der Waals surface area contributed by atoms with Gasteiger partial charge in [0, 0.05) is 31.7 Å². The Morgan fingerprint density at radius 2 is 2.14 bits per heavy atom. The van der Waals surface area contributed by atoms with E-state index in [1.165, 1.54) is 24.9 Å². The highest BCUT2D eigenvalue weighted by Crippen LogP contribution is 2.36. The van der Waals surface area contributed by atoms with Gasteiger partial charge in [0.25, 0.3) is 0 Å². The van der Waals surface area contributed by atoms with Crippen molar-refractivity contribution in [3.05, 3.63) is 16.5 Å². The fourth-order valence-corrected chi connectivity index (χ4v) is 3.53. The van der Waals surface area contributed by atoms with Crippen LogP contribution in [0.15, 0.2) is 0 Å². The lowest BCUT2D eigenvalue weighted by Gasteiger charge is -2.35. The molecule has 114 valence electrons. The van der Waals surface area contributed by atoms with Gasteiger partial charge in [-0.2, -0.15) is 0 Å². The zero-order chi connectivity index (χ0) is 14.4. The monoisotopic (exact) mass is 308 g/mol. The van der Waals surface area contributed by atoms with Crippen LogP contribution in [0.5, 0.6) is 0 Å². The quantitative estimate of drug-likeness (QED) is 0.800. The van der Waals surface area contributed by atoms with E-state index in [4.69, 9.17) is 16.3 Å². The van der Waals surface area contributed by atoms with Gasteiger partial charge >= 0.3 is 0 Å². The molecule has 0 N–H and O–H groups in total. The first-order chi connectivity index (χ1) is 10.2. The Morgan fingerprint density at radius 3 is 2.90 bits per heavy atom. The molecule has 0 bridgehead atoms. The minimum Gasteiger partial charge on any atom is -0.377 e. The fourth-order valence-electron chi connectivity index (χ4n) is 3.35. The Kier molecular flexibility index (Phi) is 3.52. The smallest absolute Gasteiger partial charge is 0.224 e. The van der Waals surface area contributed by atoms with Gasteiger partial charge in [0.2, 0.25) is 5.28 Å². The number of hydrogen-bond acceptors (Lipinski definition) is 5. The molecule has 1 aromatic rings. The lowest BCUT2D eigenvalue weighted by atomic mass is 10.2. The Morgan fingerprint density at radius 1 is 1.29 bits per heavy atom. The molecule has 1 atom stereocenters. The molecule has 6 heteroatoms. The van der Waals surface area contributed by atoms with Crippen LogP contribution in [0.3, 0.4) is 0 Å². The van der Waals surface area contributed by atoms with Gasteiger partial charge in [0.05, 0.1) is 24.9 Å². The lowest BCUT2D eigenvalue weighted by Crippen LogP contribution is -2.44. The molecule has 1 aliphatic carbocycles. The SMILES string of the molecule is CC1COCCN1c1nc(Cl)nc2c1CN(CC1CC1)C2. The second kappa shape index (κ2) is 5.38. The van der Waals surface area contributed by atoms with Crippen LogP contribution in [-0.2, 0) is 17.8 Å². The third-order valence-corrected chi connectivity index (χ3v) is 4.82. The summed E-state index contributed by atoms with van der Waals surface area (Å²) in [7, 11) is 0. The molecule has 21 heavy (non-hydrogen) atoms. The van der Waals surface area contributed by atoms with Crippen molar-refractivity contribution in [1.82, 2.24) is 14.9 Å². The van der Waals surface area contributed by atoms with Gasteiger partial charge in [0.15, 0.2) is 0 Å². The van der Waals surface area contributed by atoms with E-state index in [0.29, 0.717) is 11.3 Å². The van der Waals surface area contributed by atoms with Crippen LogP contribution < -0.4 is 4.90 Å². The van der Waals surface area contributed by atoms with Gasteiger partial charge in [-0.25, -0.2) is 9.97 Å². The molecule has 5 nitrogen and oxygen atoms in total. The molecule has 2 fully saturated rings. The Labute approximate surface area is 130 Å². The van der Waals surface area contributed by atoms with E-state index in [1.54, 1.807) is 0 Å². The van der Waals surface area contributed by atoms with Crippen LogP contribution in [0.2, 0.25) is 5.28 Å². The number of ether oxygens (including phenoxy) is 1. The Balaban J connectivity index is 1.62. The van der Waals surface area contributed by atoms with Gasteiger partial charge in [0.1, 0.15) is 5.82 Å². The topological polar surface area (TPSA) is 41.5 Å². The van der Waals surface area contributed by atoms with Gasteiger partial charge in [-0.05, 0) is 37.3 Å². The Bertz CT molecular complexity index is 549. The zero-order valence-corrected chi connectivity index (χ0v) is 13.1. The first-order valence-electron chi connectivity index (χ1n) is 7.82. The molecule has 1 unspecified atom stereocenters. The minimum atomic E-state index is 0.339. The first-order valence-corrected chi connectivity index (χ1v) is 8.20. The number of fused-ring (bicyclic) bond motifs is 1. The first kappa shape index (κ1) is 13.7. The number of halogens is 1. The van der Waals surface area contributed by atoms with E-state index < -0.39 is 0 Å². The summed E-state index contributed by atoms with van der Waals surface area (Å²) in [5.41, 5.74) is 2.39. The van der Waals surface area contributed by atoms with Crippen molar-refractivity contribution < 1.29 is 4.74 Å². The highest BCUT2D eigenvalue weighted by atomic mass is 35.5. The number of rotatable bonds is 3. The van der Waals surface area contributed by atoms with E-state index >= 15 is 0 Å². The van der Waals surface area contributed by atoms with Crippen molar-refractivity contribution in [2.24, 2.45) is 5.92 Å². The molecule has 0 amide bonds. The number of anilines is 1. The van der Waals surface area contributed by atoms with Crippen molar-refractivity contribution >= 4 is 17.4 Å². The van der Waals surface area contributed by atoms with Gasteiger partial charge in [-0.15, -0.1) is 0 Å². The molecule has 3 heterocycles. The molecule has 2 aliphatic heterocycles. The molecule has 0 spiro atoms. The predicted molar refractivity (Wildman–Crippen MR) is 81.5 cm³/mol. The lowest BCUT2D eigenvalue weighted by molar-refractivity contribution is 0.0984. The molecule has 1 aromatic heterocycles. The van der Waals surface area contributed by atoms with Crippen LogP contribution >= 0.6 is 11.6 Å². The third-order valence-electron chi connectivity index (χ3n) is 4.65. The summed E-state index contributed by atoms with van der Waals surface area (Å²) < 4.78 is 5.54. The van der Waals surface area contributed by atoms with Crippen LogP contribution in [-0.4, -0.2) is 47.2 Å². The van der Waals surface area contributed by atoms with E-state index in [0.717, 1.165) is 50.3 Å². The van der Waals surface area contributed by atoms with Crippen molar-refractivity contribution in [2.45, 2.75) is 38.9 Å². The number of nitrogens with zero attached hydrogens (tertiary/aromatic N) is 4. The normalized spacial score (nSPS) is 26.2. The summed E-state index contributed by atoms with van der Waals surface area (Å²) in [6.07, 6.45) is 2.76. The molecule has 3 aliphatic rings.